The minimum Gasteiger partial charge on any atom is -0.440 e. The lowest BCUT2D eigenvalue weighted by Crippen LogP contribution is -2.24. The first kappa shape index (κ1) is 10.6. The van der Waals surface area contributed by atoms with Crippen LogP contribution in [0.5, 0.6) is 0 Å². The molecule has 1 heterocycles. The second-order valence-corrected chi connectivity index (χ2v) is 4.79. The van der Waals surface area contributed by atoms with Crippen LogP contribution in [0.4, 0.5) is 5.69 Å². The van der Waals surface area contributed by atoms with Crippen molar-refractivity contribution in [2.24, 2.45) is 5.73 Å². The van der Waals surface area contributed by atoms with Crippen molar-refractivity contribution in [1.82, 2.24) is 4.98 Å². The summed E-state index contributed by atoms with van der Waals surface area (Å²) in [4.78, 5) is 4.53. The van der Waals surface area contributed by atoms with Crippen molar-refractivity contribution < 1.29 is 4.42 Å². The van der Waals surface area contributed by atoms with Gasteiger partial charge in [-0.2, -0.15) is 0 Å². The summed E-state index contributed by atoms with van der Waals surface area (Å²) in [6.07, 6.45) is 2.42. The highest BCUT2D eigenvalue weighted by Gasteiger charge is 2.28. The molecule has 2 aromatic rings. The lowest BCUT2D eigenvalue weighted by molar-refractivity contribution is 0.533. The number of nitrogens with two attached hydrogens (primary N) is 1. The number of hydrogen-bond donors (Lipinski definition) is 2. The number of nitrogens with zero attached hydrogens (tertiary/aromatic N) is 1. The van der Waals surface area contributed by atoms with E-state index >= 15 is 0 Å². The number of benzene rings is 1. The van der Waals surface area contributed by atoms with E-state index in [-0.39, 0.29) is 6.04 Å². The van der Waals surface area contributed by atoms with Crippen molar-refractivity contribution in [1.29, 1.82) is 0 Å². The summed E-state index contributed by atoms with van der Waals surface area (Å²) in [5.41, 5.74) is 8.44. The van der Waals surface area contributed by atoms with Gasteiger partial charge in [-0.05, 0) is 38.0 Å². The molecule has 0 aliphatic heterocycles. The molecule has 0 amide bonds. The van der Waals surface area contributed by atoms with Gasteiger partial charge in [-0.15, -0.1) is 0 Å². The van der Waals surface area contributed by atoms with Gasteiger partial charge in [0.1, 0.15) is 5.52 Å². The van der Waals surface area contributed by atoms with Crippen LogP contribution in [0.3, 0.4) is 0 Å². The average Bonchev–Trinajstić information content (AvgIpc) is 3.09. The number of anilines is 1. The van der Waals surface area contributed by atoms with Crippen LogP contribution in [0.15, 0.2) is 22.6 Å². The summed E-state index contributed by atoms with van der Waals surface area (Å²) >= 11 is 0. The normalized spacial score (nSPS) is 17.3. The molecule has 1 aromatic carbocycles. The highest BCUT2D eigenvalue weighted by molar-refractivity contribution is 5.77. The SMILES string of the molecule is CC(CN)Nc1ccc2oc(C3CC3)nc2c1. The molecule has 3 N–H and O–H groups in total. The number of nitrogens with one attached hydrogen (secondary N) is 1. The minimum absolute atomic E-state index is 0.266. The molecule has 4 nitrogen and oxygen atoms in total. The monoisotopic (exact) mass is 231 g/mol. The van der Waals surface area contributed by atoms with Crippen molar-refractivity contribution in [2.45, 2.75) is 31.7 Å². The second-order valence-electron chi connectivity index (χ2n) is 4.79. The minimum atomic E-state index is 0.266. The van der Waals surface area contributed by atoms with Crippen molar-refractivity contribution in [3.63, 3.8) is 0 Å². The molecule has 1 aromatic heterocycles. The van der Waals surface area contributed by atoms with Crippen LogP contribution in [0.2, 0.25) is 0 Å². The predicted octanol–water partition coefficient (Wildman–Crippen LogP) is 2.46. The Bertz CT molecular complexity index is 530. The summed E-state index contributed by atoms with van der Waals surface area (Å²) in [5, 5.41) is 3.33. The van der Waals surface area contributed by atoms with Crippen LogP contribution in [0.25, 0.3) is 11.1 Å². The quantitative estimate of drug-likeness (QED) is 0.848. The molecule has 1 aliphatic rings. The largest absolute Gasteiger partial charge is 0.440 e. The van der Waals surface area contributed by atoms with Gasteiger partial charge in [-0.25, -0.2) is 4.98 Å². The van der Waals surface area contributed by atoms with Crippen LogP contribution >= 0.6 is 0 Å². The van der Waals surface area contributed by atoms with Crippen molar-refractivity contribution in [3.05, 3.63) is 24.1 Å². The summed E-state index contributed by atoms with van der Waals surface area (Å²) < 4.78 is 5.71. The maximum absolute atomic E-state index is 5.71. The van der Waals surface area contributed by atoms with E-state index in [9.17, 15) is 0 Å². The third kappa shape index (κ3) is 2.13. The topological polar surface area (TPSA) is 64.1 Å². The zero-order chi connectivity index (χ0) is 11.8. The Balaban J connectivity index is 1.89. The van der Waals surface area contributed by atoms with Gasteiger partial charge in [-0.1, -0.05) is 0 Å². The molecular weight excluding hydrogens is 214 g/mol. The van der Waals surface area contributed by atoms with E-state index in [1.54, 1.807) is 0 Å². The van der Waals surface area contributed by atoms with E-state index < -0.39 is 0 Å². The van der Waals surface area contributed by atoms with Gasteiger partial charge < -0.3 is 15.5 Å². The molecule has 4 heteroatoms. The maximum Gasteiger partial charge on any atom is 0.198 e. The van der Waals surface area contributed by atoms with Gasteiger partial charge >= 0.3 is 0 Å². The smallest absolute Gasteiger partial charge is 0.198 e. The van der Waals surface area contributed by atoms with Crippen molar-refractivity contribution in [2.75, 3.05) is 11.9 Å². The molecular formula is C13H17N3O. The first-order valence-corrected chi connectivity index (χ1v) is 6.13. The summed E-state index contributed by atoms with van der Waals surface area (Å²) in [6.45, 7) is 2.67. The molecule has 1 unspecified atom stereocenters. The molecule has 0 saturated heterocycles. The fourth-order valence-corrected chi connectivity index (χ4v) is 1.88. The molecule has 1 saturated carbocycles. The van der Waals surface area contributed by atoms with Gasteiger partial charge in [0, 0.05) is 24.2 Å². The molecule has 0 spiro atoms. The van der Waals surface area contributed by atoms with E-state index in [1.807, 2.05) is 18.2 Å². The molecule has 90 valence electrons. The number of oxazole rings is 1. The average molecular weight is 231 g/mol. The molecule has 1 fully saturated rings. The molecule has 3 rings (SSSR count). The Labute approximate surface area is 100 Å². The zero-order valence-corrected chi connectivity index (χ0v) is 9.94. The highest BCUT2D eigenvalue weighted by Crippen LogP contribution is 2.40. The third-order valence-electron chi connectivity index (χ3n) is 3.10. The van der Waals surface area contributed by atoms with Crippen LogP contribution in [0.1, 0.15) is 31.6 Å². The second kappa shape index (κ2) is 4.04. The molecule has 1 aliphatic carbocycles. The molecule has 0 bridgehead atoms. The molecule has 0 radical (unpaired) electrons. The van der Waals surface area contributed by atoms with Gasteiger partial charge in [0.2, 0.25) is 0 Å². The fraction of sp³-hybridized carbons (Fsp3) is 0.462. The van der Waals surface area contributed by atoms with Crippen LogP contribution in [0, 0.1) is 0 Å². The van der Waals surface area contributed by atoms with Crippen LogP contribution < -0.4 is 11.1 Å². The van der Waals surface area contributed by atoms with Gasteiger partial charge in [-0.3, -0.25) is 0 Å². The predicted molar refractivity (Wildman–Crippen MR) is 68.1 cm³/mol. The number of fused-ring (bicyclic) bond motifs is 1. The Morgan fingerprint density at radius 2 is 2.35 bits per heavy atom. The summed E-state index contributed by atoms with van der Waals surface area (Å²) in [7, 11) is 0. The molecule has 17 heavy (non-hydrogen) atoms. The Morgan fingerprint density at radius 1 is 1.53 bits per heavy atom. The summed E-state index contributed by atoms with van der Waals surface area (Å²) in [5.74, 6) is 1.45. The third-order valence-corrected chi connectivity index (χ3v) is 3.10. The fourth-order valence-electron chi connectivity index (χ4n) is 1.88. The standard InChI is InChI=1S/C13H17N3O/c1-8(7-14)15-10-4-5-12-11(6-10)16-13(17-12)9-2-3-9/h4-6,8-9,15H,2-3,7,14H2,1H3. The van der Waals surface area contributed by atoms with Crippen LogP contribution in [-0.2, 0) is 0 Å². The lowest BCUT2D eigenvalue weighted by atomic mass is 10.2. The maximum atomic E-state index is 5.71. The van der Waals surface area contributed by atoms with Gasteiger partial charge in [0.05, 0.1) is 0 Å². The Kier molecular flexibility index (Phi) is 2.52. The zero-order valence-electron chi connectivity index (χ0n) is 9.94. The van der Waals surface area contributed by atoms with Gasteiger partial charge in [0.15, 0.2) is 11.5 Å². The van der Waals surface area contributed by atoms with Crippen molar-refractivity contribution >= 4 is 16.8 Å². The van der Waals surface area contributed by atoms with Crippen molar-refractivity contribution in [3.8, 4) is 0 Å². The van der Waals surface area contributed by atoms with Crippen LogP contribution in [-0.4, -0.2) is 17.6 Å². The van der Waals surface area contributed by atoms with E-state index in [4.69, 9.17) is 10.2 Å². The summed E-state index contributed by atoms with van der Waals surface area (Å²) in [6, 6.07) is 6.27. The number of hydrogen-bond acceptors (Lipinski definition) is 4. The lowest BCUT2D eigenvalue weighted by Gasteiger charge is -2.12. The van der Waals surface area contributed by atoms with E-state index in [0.29, 0.717) is 12.5 Å². The first-order valence-electron chi connectivity index (χ1n) is 6.13. The Hall–Kier alpha value is -1.55. The van der Waals surface area contributed by atoms with E-state index in [2.05, 4.69) is 17.2 Å². The highest BCUT2D eigenvalue weighted by atomic mass is 16.3. The molecule has 1 atom stereocenters. The van der Waals surface area contributed by atoms with E-state index in [1.165, 1.54) is 12.8 Å². The number of rotatable bonds is 4. The number of aromatic nitrogens is 1. The van der Waals surface area contributed by atoms with E-state index in [0.717, 1.165) is 22.7 Å². The first-order chi connectivity index (χ1) is 8.26. The van der Waals surface area contributed by atoms with Gasteiger partial charge in [0.25, 0.3) is 0 Å². The Morgan fingerprint density at radius 3 is 3.06 bits per heavy atom.